The number of methoxy groups -OCH3 is 1. The van der Waals surface area contributed by atoms with Gasteiger partial charge in [0, 0.05) is 11.3 Å². The first-order valence-electron chi connectivity index (χ1n) is 9.30. The van der Waals surface area contributed by atoms with Crippen molar-refractivity contribution in [3.05, 3.63) is 89.7 Å². The maximum Gasteiger partial charge on any atom is 0.255 e. The van der Waals surface area contributed by atoms with Crippen LogP contribution in [0.25, 0.3) is 0 Å². The van der Waals surface area contributed by atoms with Gasteiger partial charge in [0.15, 0.2) is 0 Å². The SMILES string of the molecule is COc1ccccc1N1C(=O)CS[C@H]1c1ccc(NC(=O)c2cccc(F)c2)cc1. The lowest BCUT2D eigenvalue weighted by molar-refractivity contribution is -0.115. The smallest absolute Gasteiger partial charge is 0.255 e. The van der Waals surface area contributed by atoms with Gasteiger partial charge in [-0.1, -0.05) is 30.3 Å². The maximum absolute atomic E-state index is 13.3. The Morgan fingerprint density at radius 3 is 2.60 bits per heavy atom. The molecule has 0 bridgehead atoms. The zero-order valence-corrected chi connectivity index (χ0v) is 17.0. The Hall–Kier alpha value is -3.32. The molecular weight excluding hydrogens is 403 g/mol. The van der Waals surface area contributed by atoms with Gasteiger partial charge in [0.1, 0.15) is 16.9 Å². The quantitative estimate of drug-likeness (QED) is 0.638. The summed E-state index contributed by atoms with van der Waals surface area (Å²) in [5, 5.41) is 2.57. The van der Waals surface area contributed by atoms with Crippen molar-refractivity contribution in [3.8, 4) is 5.75 Å². The van der Waals surface area contributed by atoms with Gasteiger partial charge in [-0.15, -0.1) is 11.8 Å². The van der Waals surface area contributed by atoms with Gasteiger partial charge >= 0.3 is 0 Å². The van der Waals surface area contributed by atoms with Gasteiger partial charge in [0.05, 0.1) is 18.6 Å². The number of carbonyl (C=O) groups is 2. The van der Waals surface area contributed by atoms with Crippen molar-refractivity contribution < 1.29 is 18.7 Å². The molecule has 0 radical (unpaired) electrons. The summed E-state index contributed by atoms with van der Waals surface area (Å²) in [6.07, 6.45) is 0. The first-order valence-corrected chi connectivity index (χ1v) is 10.4. The molecule has 5 nitrogen and oxygen atoms in total. The Labute approximate surface area is 177 Å². The highest BCUT2D eigenvalue weighted by Gasteiger charge is 2.35. The van der Waals surface area contributed by atoms with E-state index >= 15 is 0 Å². The number of halogens is 1. The molecule has 3 aromatic carbocycles. The molecule has 1 N–H and O–H groups in total. The number of anilines is 2. The molecule has 0 saturated carbocycles. The molecule has 3 aromatic rings. The second-order valence-corrected chi connectivity index (χ2v) is 7.75. The van der Waals surface area contributed by atoms with Crippen LogP contribution in [-0.4, -0.2) is 24.7 Å². The number of nitrogens with one attached hydrogen (secondary N) is 1. The van der Waals surface area contributed by atoms with Crippen molar-refractivity contribution >= 4 is 35.0 Å². The second-order valence-electron chi connectivity index (χ2n) is 6.69. The molecule has 7 heteroatoms. The second kappa shape index (κ2) is 8.59. The van der Waals surface area contributed by atoms with Gasteiger partial charge in [-0.2, -0.15) is 0 Å². The van der Waals surface area contributed by atoms with Crippen LogP contribution in [0.2, 0.25) is 0 Å². The zero-order chi connectivity index (χ0) is 21.1. The molecule has 1 atom stereocenters. The molecule has 0 aliphatic carbocycles. The summed E-state index contributed by atoms with van der Waals surface area (Å²) in [5.74, 6) is 0.178. The Bertz CT molecular complexity index is 1090. The number of carbonyl (C=O) groups excluding carboxylic acids is 2. The van der Waals surface area contributed by atoms with Crippen LogP contribution in [0.4, 0.5) is 15.8 Å². The summed E-state index contributed by atoms with van der Waals surface area (Å²) in [4.78, 5) is 26.6. The van der Waals surface area contributed by atoms with Crippen molar-refractivity contribution in [2.75, 3.05) is 23.1 Å². The van der Waals surface area contributed by atoms with Crippen LogP contribution in [0, 0.1) is 5.82 Å². The van der Waals surface area contributed by atoms with E-state index in [0.717, 1.165) is 11.3 Å². The van der Waals surface area contributed by atoms with Crippen molar-refractivity contribution in [3.63, 3.8) is 0 Å². The third-order valence-corrected chi connectivity index (χ3v) is 5.97. The van der Waals surface area contributed by atoms with Crippen molar-refractivity contribution in [2.24, 2.45) is 0 Å². The Morgan fingerprint density at radius 1 is 1.10 bits per heavy atom. The average Bonchev–Trinajstić information content (AvgIpc) is 3.15. The number of benzene rings is 3. The lowest BCUT2D eigenvalue weighted by atomic mass is 10.1. The van der Waals surface area contributed by atoms with Crippen molar-refractivity contribution in [1.82, 2.24) is 0 Å². The fourth-order valence-corrected chi connectivity index (χ4v) is 4.49. The van der Waals surface area contributed by atoms with E-state index < -0.39 is 5.82 Å². The molecule has 2 amide bonds. The van der Waals surface area contributed by atoms with Crippen LogP contribution in [0.15, 0.2) is 72.8 Å². The van der Waals surface area contributed by atoms with E-state index in [2.05, 4.69) is 5.32 Å². The van der Waals surface area contributed by atoms with Gasteiger partial charge in [0.2, 0.25) is 5.91 Å². The number of nitrogens with zero attached hydrogens (tertiary/aromatic N) is 1. The van der Waals surface area contributed by atoms with Gasteiger partial charge in [-0.25, -0.2) is 4.39 Å². The monoisotopic (exact) mass is 422 g/mol. The summed E-state index contributed by atoms with van der Waals surface area (Å²) >= 11 is 1.54. The van der Waals surface area contributed by atoms with Crippen molar-refractivity contribution in [2.45, 2.75) is 5.37 Å². The van der Waals surface area contributed by atoms with E-state index in [9.17, 15) is 14.0 Å². The highest BCUT2D eigenvalue weighted by atomic mass is 32.2. The molecule has 0 spiro atoms. The molecule has 30 heavy (non-hydrogen) atoms. The van der Waals surface area contributed by atoms with Crippen LogP contribution in [0.5, 0.6) is 5.75 Å². The predicted octanol–water partition coefficient (Wildman–Crippen LogP) is 4.87. The standard InChI is InChI=1S/C23H19FN2O3S/c1-29-20-8-3-2-7-19(20)26-21(27)14-30-23(26)15-9-11-18(12-10-15)25-22(28)16-5-4-6-17(24)13-16/h2-13,23H,14H2,1H3,(H,25,28)/t23-/m0/s1. The van der Waals surface area contributed by atoms with Crippen LogP contribution < -0.4 is 15.0 Å². The van der Waals surface area contributed by atoms with Crippen LogP contribution in [0.1, 0.15) is 21.3 Å². The number of thioether (sulfide) groups is 1. The van der Waals surface area contributed by atoms with E-state index in [1.165, 1.54) is 30.0 Å². The normalized spacial score (nSPS) is 15.9. The molecule has 1 fully saturated rings. The largest absolute Gasteiger partial charge is 0.495 e. The molecule has 1 aliphatic heterocycles. The van der Waals surface area contributed by atoms with Gasteiger partial charge in [0.25, 0.3) is 5.91 Å². The first-order chi connectivity index (χ1) is 14.6. The van der Waals surface area contributed by atoms with E-state index in [-0.39, 0.29) is 22.8 Å². The van der Waals surface area contributed by atoms with Crippen LogP contribution >= 0.6 is 11.8 Å². The summed E-state index contributed by atoms with van der Waals surface area (Å²) in [6, 6.07) is 20.3. The van der Waals surface area contributed by atoms with Crippen LogP contribution in [-0.2, 0) is 4.79 Å². The summed E-state index contributed by atoms with van der Waals surface area (Å²) in [6.45, 7) is 0. The van der Waals surface area contributed by atoms with E-state index in [0.29, 0.717) is 17.2 Å². The molecule has 152 valence electrons. The summed E-state index contributed by atoms with van der Waals surface area (Å²) < 4.78 is 18.8. The Kier molecular flexibility index (Phi) is 5.72. The minimum Gasteiger partial charge on any atom is -0.495 e. The minimum atomic E-state index is -0.461. The first kappa shape index (κ1) is 20.0. The molecule has 1 heterocycles. The molecule has 4 rings (SSSR count). The minimum absolute atomic E-state index is 0.0120. The lowest BCUT2D eigenvalue weighted by Crippen LogP contribution is -2.28. The van der Waals surface area contributed by atoms with Gasteiger partial charge in [-0.05, 0) is 48.0 Å². The molecular formula is C23H19FN2O3S. The topological polar surface area (TPSA) is 58.6 Å². The number of amides is 2. The third kappa shape index (κ3) is 4.02. The Balaban J connectivity index is 1.54. The number of hydrogen-bond donors (Lipinski definition) is 1. The number of hydrogen-bond acceptors (Lipinski definition) is 4. The van der Waals surface area contributed by atoms with E-state index in [4.69, 9.17) is 4.74 Å². The number of para-hydroxylation sites is 2. The highest BCUT2D eigenvalue weighted by molar-refractivity contribution is 8.00. The highest BCUT2D eigenvalue weighted by Crippen LogP contribution is 2.44. The maximum atomic E-state index is 13.3. The molecule has 1 saturated heterocycles. The Morgan fingerprint density at radius 2 is 1.87 bits per heavy atom. The van der Waals surface area contributed by atoms with E-state index in [1.807, 2.05) is 36.4 Å². The van der Waals surface area contributed by atoms with Crippen molar-refractivity contribution in [1.29, 1.82) is 0 Å². The van der Waals surface area contributed by atoms with Gasteiger partial charge in [-0.3, -0.25) is 14.5 Å². The summed E-state index contributed by atoms with van der Waals surface area (Å²) in [5.41, 5.74) is 2.49. The molecule has 0 aromatic heterocycles. The predicted molar refractivity (Wildman–Crippen MR) is 116 cm³/mol. The lowest BCUT2D eigenvalue weighted by Gasteiger charge is -2.26. The van der Waals surface area contributed by atoms with Crippen LogP contribution in [0.3, 0.4) is 0 Å². The number of rotatable bonds is 5. The zero-order valence-electron chi connectivity index (χ0n) is 16.2. The molecule has 0 unspecified atom stereocenters. The van der Waals surface area contributed by atoms with E-state index in [1.54, 1.807) is 30.2 Å². The number of ether oxygens (including phenoxy) is 1. The fraction of sp³-hybridized carbons (Fsp3) is 0.130. The summed E-state index contributed by atoms with van der Waals surface area (Å²) in [7, 11) is 1.58. The van der Waals surface area contributed by atoms with Gasteiger partial charge < -0.3 is 10.1 Å². The fourth-order valence-electron chi connectivity index (χ4n) is 3.32. The molecule has 1 aliphatic rings. The average molecular weight is 422 g/mol. The third-order valence-electron chi connectivity index (χ3n) is 4.75.